The van der Waals surface area contributed by atoms with E-state index in [2.05, 4.69) is 38.0 Å². The smallest absolute Gasteiger partial charge is 0.264 e. The van der Waals surface area contributed by atoms with E-state index in [1.807, 2.05) is 16.8 Å². The highest BCUT2D eigenvalue weighted by atomic mass is 16.1. The first-order chi connectivity index (χ1) is 8.11. The third-order valence-corrected chi connectivity index (χ3v) is 2.95. The summed E-state index contributed by atoms with van der Waals surface area (Å²) < 4.78 is 1.87. The van der Waals surface area contributed by atoms with Crippen LogP contribution in [0, 0.1) is 0 Å². The lowest BCUT2D eigenvalue weighted by Gasteiger charge is -2.11. The molecule has 0 atom stereocenters. The van der Waals surface area contributed by atoms with Crippen LogP contribution in [-0.2, 0) is 6.42 Å². The van der Waals surface area contributed by atoms with Crippen LogP contribution in [0.3, 0.4) is 0 Å². The quantitative estimate of drug-likeness (QED) is 0.865. The number of aryl methyl sites for hydroxylation is 1. The highest BCUT2D eigenvalue weighted by molar-refractivity contribution is 5.36. The van der Waals surface area contributed by atoms with Crippen molar-refractivity contribution in [1.29, 1.82) is 0 Å². The zero-order valence-corrected chi connectivity index (χ0v) is 10.5. The van der Waals surface area contributed by atoms with E-state index >= 15 is 0 Å². The van der Waals surface area contributed by atoms with Crippen molar-refractivity contribution in [2.24, 2.45) is 0 Å². The van der Waals surface area contributed by atoms with Gasteiger partial charge < -0.3 is 0 Å². The van der Waals surface area contributed by atoms with Crippen molar-refractivity contribution in [1.82, 2.24) is 9.78 Å². The van der Waals surface area contributed by atoms with Crippen molar-refractivity contribution in [2.45, 2.75) is 33.1 Å². The summed E-state index contributed by atoms with van der Waals surface area (Å²) >= 11 is 0. The van der Waals surface area contributed by atoms with Crippen LogP contribution >= 0.6 is 0 Å². The maximum atomic E-state index is 11.4. The van der Waals surface area contributed by atoms with E-state index < -0.39 is 0 Å². The average molecular weight is 230 g/mol. The largest absolute Gasteiger partial charge is 0.268 e. The second-order valence-electron chi connectivity index (χ2n) is 4.56. The standard InChI is InChI=1S/C14H18N2O/c1-4-11-5-7-12(8-6-11)16-13(10(2)3)9-14(17)15-16/h5-10H,4H2,1-3H3,(H,15,17). The zero-order chi connectivity index (χ0) is 12.4. The van der Waals surface area contributed by atoms with Crippen LogP contribution < -0.4 is 5.56 Å². The van der Waals surface area contributed by atoms with Gasteiger partial charge in [0.15, 0.2) is 0 Å². The fourth-order valence-corrected chi connectivity index (χ4v) is 1.93. The Kier molecular flexibility index (Phi) is 3.18. The lowest BCUT2D eigenvalue weighted by Crippen LogP contribution is -2.06. The Morgan fingerprint density at radius 2 is 1.88 bits per heavy atom. The Balaban J connectivity index is 2.48. The number of H-pyrrole nitrogens is 1. The molecule has 0 saturated heterocycles. The molecule has 0 aliphatic rings. The molecule has 0 saturated carbocycles. The molecule has 0 fully saturated rings. The molecule has 0 aliphatic carbocycles. The van der Waals surface area contributed by atoms with Gasteiger partial charge in [0, 0.05) is 11.8 Å². The number of hydrogen-bond donors (Lipinski definition) is 1. The van der Waals surface area contributed by atoms with E-state index in [4.69, 9.17) is 0 Å². The molecule has 1 aromatic carbocycles. The molecule has 3 heteroatoms. The maximum absolute atomic E-state index is 11.4. The van der Waals surface area contributed by atoms with Gasteiger partial charge in [-0.3, -0.25) is 14.6 Å². The molecule has 0 spiro atoms. The van der Waals surface area contributed by atoms with Crippen LogP contribution in [-0.4, -0.2) is 9.78 Å². The lowest BCUT2D eigenvalue weighted by molar-refractivity contribution is 0.731. The van der Waals surface area contributed by atoms with Gasteiger partial charge in [-0.2, -0.15) is 0 Å². The van der Waals surface area contributed by atoms with Crippen LogP contribution in [0.2, 0.25) is 0 Å². The number of aromatic amines is 1. The number of hydrogen-bond acceptors (Lipinski definition) is 1. The first-order valence-corrected chi connectivity index (χ1v) is 6.03. The second kappa shape index (κ2) is 4.62. The molecule has 90 valence electrons. The first-order valence-electron chi connectivity index (χ1n) is 6.03. The minimum absolute atomic E-state index is 0.0479. The molecule has 0 unspecified atom stereocenters. The van der Waals surface area contributed by atoms with Crippen molar-refractivity contribution >= 4 is 0 Å². The number of rotatable bonds is 3. The van der Waals surface area contributed by atoms with Gasteiger partial charge in [0.25, 0.3) is 5.56 Å². The van der Waals surface area contributed by atoms with Crippen molar-refractivity contribution in [2.75, 3.05) is 0 Å². The molecule has 0 radical (unpaired) electrons. The maximum Gasteiger partial charge on any atom is 0.264 e. The molecular formula is C14H18N2O. The number of nitrogens with zero attached hydrogens (tertiary/aromatic N) is 1. The molecule has 0 bridgehead atoms. The van der Waals surface area contributed by atoms with Gasteiger partial charge in [0.2, 0.25) is 0 Å². The van der Waals surface area contributed by atoms with Crippen LogP contribution in [0.15, 0.2) is 35.1 Å². The molecule has 2 rings (SSSR count). The number of nitrogens with one attached hydrogen (secondary N) is 1. The van der Waals surface area contributed by atoms with Crippen LogP contribution in [0.4, 0.5) is 0 Å². The van der Waals surface area contributed by atoms with Crippen LogP contribution in [0.1, 0.15) is 37.9 Å². The molecule has 3 nitrogen and oxygen atoms in total. The highest BCUT2D eigenvalue weighted by Crippen LogP contribution is 2.17. The van der Waals surface area contributed by atoms with E-state index in [9.17, 15) is 4.79 Å². The van der Waals surface area contributed by atoms with Crippen molar-refractivity contribution in [3.05, 3.63) is 51.9 Å². The molecule has 17 heavy (non-hydrogen) atoms. The Bertz CT molecular complexity index is 546. The van der Waals surface area contributed by atoms with E-state index in [0.29, 0.717) is 5.92 Å². The summed E-state index contributed by atoms with van der Waals surface area (Å²) in [7, 11) is 0. The monoisotopic (exact) mass is 230 g/mol. The van der Waals surface area contributed by atoms with Gasteiger partial charge in [-0.1, -0.05) is 32.9 Å². The molecule has 1 N–H and O–H groups in total. The third-order valence-electron chi connectivity index (χ3n) is 2.95. The minimum atomic E-state index is -0.0479. The second-order valence-corrected chi connectivity index (χ2v) is 4.56. The molecule has 0 amide bonds. The van der Waals surface area contributed by atoms with Crippen LogP contribution in [0.5, 0.6) is 0 Å². The summed E-state index contributed by atoms with van der Waals surface area (Å²) in [4.78, 5) is 11.4. The van der Waals surface area contributed by atoms with Gasteiger partial charge in [-0.15, -0.1) is 0 Å². The lowest BCUT2D eigenvalue weighted by atomic mass is 10.1. The summed E-state index contributed by atoms with van der Waals surface area (Å²) in [6, 6.07) is 9.94. The topological polar surface area (TPSA) is 37.8 Å². The Morgan fingerprint density at radius 3 is 2.41 bits per heavy atom. The summed E-state index contributed by atoms with van der Waals surface area (Å²) in [5.41, 5.74) is 3.27. The van der Waals surface area contributed by atoms with E-state index in [1.54, 1.807) is 6.07 Å². The van der Waals surface area contributed by atoms with Crippen molar-refractivity contribution in [3.8, 4) is 5.69 Å². The predicted molar refractivity (Wildman–Crippen MR) is 69.9 cm³/mol. The SMILES string of the molecule is CCc1ccc(-n2[nH]c(=O)cc2C(C)C)cc1. The van der Waals surface area contributed by atoms with Gasteiger partial charge >= 0.3 is 0 Å². The van der Waals surface area contributed by atoms with Gasteiger partial charge in [0.1, 0.15) is 0 Å². The highest BCUT2D eigenvalue weighted by Gasteiger charge is 2.09. The molecular weight excluding hydrogens is 212 g/mol. The fraction of sp³-hybridized carbons (Fsp3) is 0.357. The van der Waals surface area contributed by atoms with E-state index in [1.165, 1.54) is 5.56 Å². The molecule has 1 aromatic heterocycles. The first kappa shape index (κ1) is 11.7. The Hall–Kier alpha value is -1.77. The third kappa shape index (κ3) is 2.33. The Morgan fingerprint density at radius 1 is 1.24 bits per heavy atom. The fourth-order valence-electron chi connectivity index (χ4n) is 1.93. The van der Waals surface area contributed by atoms with Crippen molar-refractivity contribution < 1.29 is 0 Å². The summed E-state index contributed by atoms with van der Waals surface area (Å²) in [6.45, 7) is 6.30. The molecule has 0 aliphatic heterocycles. The van der Waals surface area contributed by atoms with Gasteiger partial charge in [-0.25, -0.2) is 0 Å². The van der Waals surface area contributed by atoms with E-state index in [0.717, 1.165) is 17.8 Å². The average Bonchev–Trinajstić information content (AvgIpc) is 2.72. The summed E-state index contributed by atoms with van der Waals surface area (Å²) in [5.74, 6) is 0.319. The molecule has 1 heterocycles. The van der Waals surface area contributed by atoms with Crippen molar-refractivity contribution in [3.63, 3.8) is 0 Å². The van der Waals surface area contributed by atoms with E-state index in [-0.39, 0.29) is 5.56 Å². The number of aromatic nitrogens is 2. The van der Waals surface area contributed by atoms with Crippen LogP contribution in [0.25, 0.3) is 5.69 Å². The normalized spacial score (nSPS) is 11.1. The van der Waals surface area contributed by atoms with Gasteiger partial charge in [-0.05, 0) is 30.0 Å². The summed E-state index contributed by atoms with van der Waals surface area (Å²) in [5, 5.41) is 2.84. The molecule has 2 aromatic rings. The Labute approximate surface area is 101 Å². The summed E-state index contributed by atoms with van der Waals surface area (Å²) in [6.07, 6.45) is 1.03. The van der Waals surface area contributed by atoms with Gasteiger partial charge in [0.05, 0.1) is 5.69 Å². The minimum Gasteiger partial charge on any atom is -0.268 e. The zero-order valence-electron chi connectivity index (χ0n) is 10.5. The predicted octanol–water partition coefficient (Wildman–Crippen LogP) is 2.85. The number of benzene rings is 1.